The number of fused-ring (bicyclic) bond motifs is 1. The number of benzene rings is 2. The molecule has 0 saturated heterocycles. The highest BCUT2D eigenvalue weighted by Gasteiger charge is 2.37. The molecule has 0 fully saturated rings. The van der Waals surface area contributed by atoms with Crippen molar-refractivity contribution in [3.05, 3.63) is 64.7 Å². The normalized spacial score (nSPS) is 12.9. The molecule has 156 valence electrons. The zero-order chi connectivity index (χ0) is 21.8. The molecule has 1 heterocycles. The van der Waals surface area contributed by atoms with Crippen LogP contribution >= 0.6 is 0 Å². The molecule has 1 N–H and O–H groups in total. The average molecular weight is 408 g/mol. The Bertz CT molecular complexity index is 1010. The van der Waals surface area contributed by atoms with Crippen molar-refractivity contribution in [3.63, 3.8) is 0 Å². The number of ether oxygens (including phenoxy) is 1. The number of hydrogen-bond acceptors (Lipinski definition) is 5. The second kappa shape index (κ2) is 8.90. The third kappa shape index (κ3) is 4.10. The zero-order valence-corrected chi connectivity index (χ0v) is 17.2. The van der Waals surface area contributed by atoms with Crippen LogP contribution in [-0.2, 0) is 9.53 Å². The third-order valence-electron chi connectivity index (χ3n) is 5.16. The Morgan fingerprint density at radius 3 is 2.33 bits per heavy atom. The van der Waals surface area contributed by atoms with E-state index < -0.39 is 24.4 Å². The molecule has 0 aromatic heterocycles. The number of nitrogens with zero attached hydrogens (tertiary/aromatic N) is 1. The summed E-state index contributed by atoms with van der Waals surface area (Å²) < 4.78 is 5.07. The van der Waals surface area contributed by atoms with Crippen LogP contribution in [0.25, 0.3) is 0 Å². The van der Waals surface area contributed by atoms with Crippen LogP contribution in [0.1, 0.15) is 63.3 Å². The van der Waals surface area contributed by atoms with Gasteiger partial charge in [0.2, 0.25) is 0 Å². The summed E-state index contributed by atoms with van der Waals surface area (Å²) in [5, 5.41) is 2.79. The predicted molar refractivity (Wildman–Crippen MR) is 112 cm³/mol. The monoisotopic (exact) mass is 408 g/mol. The Hall–Kier alpha value is -3.48. The SMILES string of the molecule is CCC(CC)NC(=O)COC(=O)c1ccc2c(c1)C(=O)N(c1ccccc1C)C2=O. The fourth-order valence-corrected chi connectivity index (χ4v) is 3.38. The molecule has 0 atom stereocenters. The maximum absolute atomic E-state index is 12.9. The maximum Gasteiger partial charge on any atom is 0.338 e. The summed E-state index contributed by atoms with van der Waals surface area (Å²) in [4.78, 5) is 51.0. The van der Waals surface area contributed by atoms with E-state index in [9.17, 15) is 19.2 Å². The van der Waals surface area contributed by atoms with Crippen LogP contribution < -0.4 is 10.2 Å². The summed E-state index contributed by atoms with van der Waals surface area (Å²) in [6.45, 7) is 5.33. The van der Waals surface area contributed by atoms with E-state index in [1.807, 2.05) is 32.9 Å². The summed E-state index contributed by atoms with van der Waals surface area (Å²) in [6.07, 6.45) is 1.57. The van der Waals surface area contributed by atoms with Crippen molar-refractivity contribution in [1.82, 2.24) is 5.32 Å². The van der Waals surface area contributed by atoms with E-state index in [1.165, 1.54) is 18.2 Å². The fourth-order valence-electron chi connectivity index (χ4n) is 3.38. The van der Waals surface area contributed by atoms with Gasteiger partial charge in [-0.05, 0) is 49.6 Å². The zero-order valence-electron chi connectivity index (χ0n) is 17.2. The van der Waals surface area contributed by atoms with Gasteiger partial charge in [-0.2, -0.15) is 0 Å². The van der Waals surface area contributed by atoms with E-state index in [1.54, 1.807) is 12.1 Å². The van der Waals surface area contributed by atoms with Crippen molar-refractivity contribution in [2.24, 2.45) is 0 Å². The Balaban J connectivity index is 1.74. The first kappa shape index (κ1) is 21.2. The van der Waals surface area contributed by atoms with Crippen LogP contribution in [-0.4, -0.2) is 36.3 Å². The van der Waals surface area contributed by atoms with Gasteiger partial charge in [-0.3, -0.25) is 14.4 Å². The number of carbonyl (C=O) groups is 4. The van der Waals surface area contributed by atoms with Crippen LogP contribution in [0, 0.1) is 6.92 Å². The molecule has 0 spiro atoms. The Morgan fingerprint density at radius 1 is 1.00 bits per heavy atom. The molecular weight excluding hydrogens is 384 g/mol. The minimum atomic E-state index is -0.730. The molecule has 1 aliphatic rings. The van der Waals surface area contributed by atoms with E-state index >= 15 is 0 Å². The number of esters is 1. The summed E-state index contributed by atoms with van der Waals surface area (Å²) in [6, 6.07) is 11.3. The highest BCUT2D eigenvalue weighted by molar-refractivity contribution is 6.34. The van der Waals surface area contributed by atoms with Gasteiger partial charge >= 0.3 is 5.97 Å². The number of carbonyl (C=O) groups excluding carboxylic acids is 4. The standard InChI is InChI=1S/C23H24N2O5/c1-4-16(5-2)24-20(26)13-30-23(29)15-10-11-17-18(12-15)22(28)25(21(17)27)19-9-7-6-8-14(19)3/h6-12,16H,4-5,13H2,1-3H3,(H,24,26). The molecule has 2 aromatic rings. The lowest BCUT2D eigenvalue weighted by Gasteiger charge is -2.16. The molecule has 0 bridgehead atoms. The lowest BCUT2D eigenvalue weighted by molar-refractivity contribution is -0.125. The first-order valence-corrected chi connectivity index (χ1v) is 9.92. The smallest absolute Gasteiger partial charge is 0.338 e. The topological polar surface area (TPSA) is 92.8 Å². The molecule has 30 heavy (non-hydrogen) atoms. The molecule has 3 amide bonds. The molecule has 0 aliphatic carbocycles. The van der Waals surface area contributed by atoms with Crippen molar-refractivity contribution in [2.45, 2.75) is 39.7 Å². The van der Waals surface area contributed by atoms with Gasteiger partial charge in [0.1, 0.15) is 0 Å². The number of aryl methyl sites for hydroxylation is 1. The first-order valence-electron chi connectivity index (χ1n) is 9.92. The molecule has 7 heteroatoms. The summed E-state index contributed by atoms with van der Waals surface area (Å²) in [5.74, 6) is -2.04. The second-order valence-electron chi connectivity index (χ2n) is 7.15. The quantitative estimate of drug-likeness (QED) is 0.561. The van der Waals surface area contributed by atoms with Gasteiger partial charge in [-0.1, -0.05) is 32.0 Å². The Labute approximate surface area is 175 Å². The molecule has 0 unspecified atom stereocenters. The summed E-state index contributed by atoms with van der Waals surface area (Å²) >= 11 is 0. The van der Waals surface area contributed by atoms with Crippen molar-refractivity contribution in [3.8, 4) is 0 Å². The molecular formula is C23H24N2O5. The van der Waals surface area contributed by atoms with Crippen molar-refractivity contribution in [1.29, 1.82) is 0 Å². The number of para-hydroxylation sites is 1. The van der Waals surface area contributed by atoms with Gasteiger partial charge in [0.25, 0.3) is 17.7 Å². The van der Waals surface area contributed by atoms with E-state index in [0.717, 1.165) is 23.3 Å². The van der Waals surface area contributed by atoms with Crippen LogP contribution in [0.3, 0.4) is 0 Å². The average Bonchev–Trinajstić information content (AvgIpc) is 3.00. The van der Waals surface area contributed by atoms with Gasteiger partial charge in [-0.15, -0.1) is 0 Å². The lowest BCUT2D eigenvalue weighted by atomic mass is 10.1. The number of hydrogen-bond donors (Lipinski definition) is 1. The van der Waals surface area contributed by atoms with E-state index in [-0.39, 0.29) is 28.6 Å². The molecule has 1 aliphatic heterocycles. The summed E-state index contributed by atoms with van der Waals surface area (Å²) in [7, 11) is 0. The van der Waals surface area contributed by atoms with E-state index in [0.29, 0.717) is 5.69 Å². The Kier molecular flexibility index (Phi) is 6.30. The lowest BCUT2D eigenvalue weighted by Crippen LogP contribution is -2.36. The number of rotatable bonds is 7. The van der Waals surface area contributed by atoms with E-state index in [4.69, 9.17) is 4.74 Å². The number of amides is 3. The molecule has 0 radical (unpaired) electrons. The number of anilines is 1. The van der Waals surface area contributed by atoms with Crippen LogP contribution in [0.15, 0.2) is 42.5 Å². The van der Waals surface area contributed by atoms with Crippen molar-refractivity contribution < 1.29 is 23.9 Å². The summed E-state index contributed by atoms with van der Waals surface area (Å²) in [5.41, 5.74) is 1.77. The van der Waals surface area contributed by atoms with Crippen LogP contribution in [0.4, 0.5) is 5.69 Å². The van der Waals surface area contributed by atoms with Gasteiger partial charge in [0.15, 0.2) is 6.61 Å². The van der Waals surface area contributed by atoms with Gasteiger partial charge in [0, 0.05) is 6.04 Å². The van der Waals surface area contributed by atoms with Crippen LogP contribution in [0.2, 0.25) is 0 Å². The highest BCUT2D eigenvalue weighted by Crippen LogP contribution is 2.31. The first-order chi connectivity index (χ1) is 14.4. The van der Waals surface area contributed by atoms with Crippen molar-refractivity contribution >= 4 is 29.4 Å². The number of imide groups is 1. The van der Waals surface area contributed by atoms with Gasteiger partial charge in [-0.25, -0.2) is 9.69 Å². The predicted octanol–water partition coefficient (Wildman–Crippen LogP) is 3.26. The minimum absolute atomic E-state index is 0.0345. The van der Waals surface area contributed by atoms with Gasteiger partial charge < -0.3 is 10.1 Å². The minimum Gasteiger partial charge on any atom is -0.452 e. The van der Waals surface area contributed by atoms with Crippen molar-refractivity contribution in [2.75, 3.05) is 11.5 Å². The third-order valence-corrected chi connectivity index (χ3v) is 5.16. The number of nitrogens with one attached hydrogen (secondary N) is 1. The van der Waals surface area contributed by atoms with E-state index in [2.05, 4.69) is 5.32 Å². The molecule has 2 aromatic carbocycles. The molecule has 7 nitrogen and oxygen atoms in total. The maximum atomic E-state index is 12.9. The largest absolute Gasteiger partial charge is 0.452 e. The highest BCUT2D eigenvalue weighted by atomic mass is 16.5. The molecule has 0 saturated carbocycles. The second-order valence-corrected chi connectivity index (χ2v) is 7.15. The van der Waals surface area contributed by atoms with Crippen LogP contribution in [0.5, 0.6) is 0 Å². The Morgan fingerprint density at radius 2 is 1.67 bits per heavy atom. The van der Waals surface area contributed by atoms with Gasteiger partial charge in [0.05, 0.1) is 22.4 Å². The fraction of sp³-hybridized carbons (Fsp3) is 0.304. The molecule has 3 rings (SSSR count).